The Labute approximate surface area is 145 Å². The van der Waals surface area contributed by atoms with Gasteiger partial charge in [-0.2, -0.15) is 0 Å². The normalized spacial score (nSPS) is 18.6. The molecule has 0 amide bonds. The maximum absolute atomic E-state index is 6.19. The van der Waals surface area contributed by atoms with Gasteiger partial charge in [0.25, 0.3) is 0 Å². The molecule has 7 heteroatoms. The van der Waals surface area contributed by atoms with Crippen LogP contribution in [0.2, 0.25) is 15.1 Å². The van der Waals surface area contributed by atoms with Crippen LogP contribution in [0.3, 0.4) is 0 Å². The topological polar surface area (TPSA) is 0 Å². The maximum Gasteiger partial charge on any atom is 0.142 e. The Morgan fingerprint density at radius 3 is 2.11 bits per heavy atom. The Hall–Kier alpha value is 0.730. The van der Waals surface area contributed by atoms with Crippen LogP contribution < -0.4 is 0 Å². The number of alkyl halides is 2. The number of hydrogen-bond acceptors (Lipinski definition) is 0. The molecule has 0 aliphatic heterocycles. The molecule has 0 atom stereocenters. The van der Waals surface area contributed by atoms with Crippen molar-refractivity contribution in [3.63, 3.8) is 0 Å². The van der Waals surface area contributed by atoms with Gasteiger partial charge >= 0.3 is 0 Å². The number of benzene rings is 1. The molecule has 0 aromatic heterocycles. The van der Waals surface area contributed by atoms with Crippen molar-refractivity contribution in [3.05, 3.63) is 48.9 Å². The van der Waals surface area contributed by atoms with Gasteiger partial charge in [0.15, 0.2) is 0 Å². The lowest BCUT2D eigenvalue weighted by atomic mass is 9.98. The van der Waals surface area contributed by atoms with E-state index in [2.05, 4.69) is 0 Å². The molecule has 0 bridgehead atoms. The highest BCUT2D eigenvalue weighted by Gasteiger charge is 2.32. The first kappa shape index (κ1) is 16.1. The largest absolute Gasteiger partial charge is 0.142 e. The first-order valence-corrected chi connectivity index (χ1v) is 7.66. The Morgan fingerprint density at radius 2 is 1.47 bits per heavy atom. The molecule has 102 valence electrons. The van der Waals surface area contributed by atoms with E-state index < -0.39 is 4.33 Å². The Balaban J connectivity index is 2.71. The fraction of sp³-hybridized carbons (Fsp3) is 0.167. The molecule has 0 spiro atoms. The van der Waals surface area contributed by atoms with Gasteiger partial charge < -0.3 is 0 Å². The third kappa shape index (κ3) is 3.32. The highest BCUT2D eigenvalue weighted by molar-refractivity contribution is 6.54. The van der Waals surface area contributed by atoms with Gasteiger partial charge in [-0.15, -0.1) is 0 Å². The van der Waals surface area contributed by atoms with Gasteiger partial charge in [0.2, 0.25) is 0 Å². The highest BCUT2D eigenvalue weighted by Crippen LogP contribution is 2.48. The van der Waals surface area contributed by atoms with Gasteiger partial charge in [0, 0.05) is 22.6 Å². The smallest absolute Gasteiger partial charge is 0.0965 e. The molecule has 19 heavy (non-hydrogen) atoms. The zero-order valence-electron chi connectivity index (χ0n) is 9.08. The lowest BCUT2D eigenvalue weighted by molar-refractivity contribution is 0.946. The van der Waals surface area contributed by atoms with E-state index in [-0.39, 0.29) is 11.4 Å². The van der Waals surface area contributed by atoms with E-state index in [0.717, 1.165) is 0 Å². The molecular formula is C12H5Cl7. The number of rotatable bonds is 1. The Bertz CT molecular complexity index is 598. The van der Waals surface area contributed by atoms with E-state index in [1.54, 1.807) is 18.2 Å². The quantitative estimate of drug-likeness (QED) is 0.345. The molecule has 0 radical (unpaired) electrons. The minimum Gasteiger partial charge on any atom is -0.0965 e. The van der Waals surface area contributed by atoms with Crippen LogP contribution in [0.25, 0.3) is 5.57 Å². The zero-order chi connectivity index (χ0) is 14.4. The van der Waals surface area contributed by atoms with Gasteiger partial charge in [-0.05, 0) is 18.2 Å². The summed E-state index contributed by atoms with van der Waals surface area (Å²) in [6.45, 7) is 0. The summed E-state index contributed by atoms with van der Waals surface area (Å²) in [6, 6.07) is 3.20. The van der Waals surface area contributed by atoms with Crippen molar-refractivity contribution in [2.45, 2.75) is 10.8 Å². The molecule has 2 rings (SSSR count). The second-order valence-electron chi connectivity index (χ2n) is 3.93. The first-order chi connectivity index (χ1) is 8.73. The van der Waals surface area contributed by atoms with Gasteiger partial charge in [-0.25, -0.2) is 0 Å². The van der Waals surface area contributed by atoms with E-state index in [0.29, 0.717) is 31.2 Å². The molecule has 0 fully saturated rings. The summed E-state index contributed by atoms with van der Waals surface area (Å²) in [4.78, 5) is 0. The van der Waals surface area contributed by atoms with Crippen LogP contribution in [0.4, 0.5) is 0 Å². The molecule has 1 aromatic rings. The zero-order valence-corrected chi connectivity index (χ0v) is 14.4. The summed E-state index contributed by atoms with van der Waals surface area (Å²) in [7, 11) is 0. The third-order valence-corrected chi connectivity index (χ3v) is 4.99. The number of halogens is 7. The molecule has 0 nitrogen and oxygen atoms in total. The first-order valence-electron chi connectivity index (χ1n) is 5.02. The highest BCUT2D eigenvalue weighted by atomic mass is 35.5. The molecular weight excluding hydrogens is 392 g/mol. The van der Waals surface area contributed by atoms with Crippen molar-refractivity contribution in [1.82, 2.24) is 0 Å². The lowest BCUT2D eigenvalue weighted by Gasteiger charge is -2.24. The SMILES string of the molecule is ClC1=C(Cl)C(c2c(Cl)ccc(Cl)c2Cl)=CC(Cl)(Cl)C1. The Kier molecular flexibility index (Phi) is 4.96. The second-order valence-corrected chi connectivity index (χ2v) is 7.50. The number of hydrogen-bond donors (Lipinski definition) is 0. The molecule has 0 unspecified atom stereocenters. The molecule has 0 N–H and O–H groups in total. The average molecular weight is 397 g/mol. The van der Waals surface area contributed by atoms with Gasteiger partial charge in [-0.1, -0.05) is 81.2 Å². The van der Waals surface area contributed by atoms with Crippen LogP contribution in [-0.2, 0) is 0 Å². The molecule has 0 saturated carbocycles. The standard InChI is InChI=1S/C12H5Cl7/c13-6-1-2-7(14)11(17)9(6)5-3-12(18,19)4-8(15)10(5)16/h1-3H,4H2. The van der Waals surface area contributed by atoms with Gasteiger partial charge in [0.05, 0.1) is 20.1 Å². The van der Waals surface area contributed by atoms with Crippen LogP contribution in [0, 0.1) is 0 Å². The molecule has 0 heterocycles. The van der Waals surface area contributed by atoms with Crippen molar-refractivity contribution < 1.29 is 0 Å². The summed E-state index contributed by atoms with van der Waals surface area (Å²) in [6.07, 6.45) is 1.78. The van der Waals surface area contributed by atoms with Crippen molar-refractivity contribution in [3.8, 4) is 0 Å². The van der Waals surface area contributed by atoms with E-state index in [4.69, 9.17) is 81.2 Å². The molecule has 1 aliphatic rings. The Morgan fingerprint density at radius 1 is 0.895 bits per heavy atom. The van der Waals surface area contributed by atoms with E-state index in [1.807, 2.05) is 0 Å². The fourth-order valence-electron chi connectivity index (χ4n) is 1.71. The monoisotopic (exact) mass is 394 g/mol. The van der Waals surface area contributed by atoms with E-state index in [9.17, 15) is 0 Å². The van der Waals surface area contributed by atoms with Gasteiger partial charge in [-0.3, -0.25) is 0 Å². The third-order valence-electron chi connectivity index (χ3n) is 2.53. The fourth-order valence-corrected chi connectivity index (χ4v) is 3.59. The van der Waals surface area contributed by atoms with Crippen LogP contribution in [-0.4, -0.2) is 4.33 Å². The van der Waals surface area contributed by atoms with Crippen LogP contribution in [0.1, 0.15) is 12.0 Å². The van der Waals surface area contributed by atoms with Crippen molar-refractivity contribution in [2.24, 2.45) is 0 Å². The molecule has 0 saturated heterocycles. The molecule has 1 aliphatic carbocycles. The summed E-state index contributed by atoms with van der Waals surface area (Å²) in [5.41, 5.74) is 0.935. The van der Waals surface area contributed by atoms with Crippen LogP contribution >= 0.6 is 81.2 Å². The predicted octanol–water partition coefficient (Wildman–Crippen LogP) is 7.30. The lowest BCUT2D eigenvalue weighted by Crippen LogP contribution is -2.14. The minimum absolute atomic E-state index is 0.218. The second kappa shape index (κ2) is 5.85. The van der Waals surface area contributed by atoms with Gasteiger partial charge in [0.1, 0.15) is 4.33 Å². The van der Waals surface area contributed by atoms with Crippen LogP contribution in [0.15, 0.2) is 28.3 Å². The number of allylic oxidation sites excluding steroid dienone is 4. The molecule has 1 aromatic carbocycles. The van der Waals surface area contributed by atoms with Crippen molar-refractivity contribution in [2.75, 3.05) is 0 Å². The maximum atomic E-state index is 6.19. The van der Waals surface area contributed by atoms with E-state index in [1.165, 1.54) is 0 Å². The van der Waals surface area contributed by atoms with Crippen LogP contribution in [0.5, 0.6) is 0 Å². The average Bonchev–Trinajstić information content (AvgIpc) is 2.30. The summed E-state index contributed by atoms with van der Waals surface area (Å²) in [5, 5.41) is 1.66. The summed E-state index contributed by atoms with van der Waals surface area (Å²) >= 11 is 42.8. The summed E-state index contributed by atoms with van der Waals surface area (Å²) in [5.74, 6) is 0. The predicted molar refractivity (Wildman–Crippen MR) is 87.2 cm³/mol. The van der Waals surface area contributed by atoms with E-state index >= 15 is 0 Å². The van der Waals surface area contributed by atoms with Crippen molar-refractivity contribution in [1.29, 1.82) is 0 Å². The minimum atomic E-state index is -1.17. The van der Waals surface area contributed by atoms with Crippen molar-refractivity contribution >= 4 is 86.8 Å². The summed E-state index contributed by atoms with van der Waals surface area (Å²) < 4.78 is -1.17.